The van der Waals surface area contributed by atoms with Crippen molar-refractivity contribution in [3.63, 3.8) is 0 Å². The van der Waals surface area contributed by atoms with Gasteiger partial charge in [0.1, 0.15) is 0 Å². The molecule has 1 aromatic heterocycles. The van der Waals surface area contributed by atoms with Gasteiger partial charge in [-0.1, -0.05) is 31.5 Å². The maximum atomic E-state index is 13.0. The van der Waals surface area contributed by atoms with E-state index in [-0.39, 0.29) is 5.91 Å². The van der Waals surface area contributed by atoms with Gasteiger partial charge in [-0.2, -0.15) is 0 Å². The van der Waals surface area contributed by atoms with Gasteiger partial charge in [-0.25, -0.2) is 0 Å². The first kappa shape index (κ1) is 16.5. The molecule has 2 aliphatic rings. The number of piperidine rings is 1. The van der Waals surface area contributed by atoms with Crippen LogP contribution in [0.2, 0.25) is 5.02 Å². The van der Waals surface area contributed by atoms with Crippen molar-refractivity contribution in [3.05, 3.63) is 39.7 Å². The van der Waals surface area contributed by atoms with E-state index in [0.717, 1.165) is 28.7 Å². The van der Waals surface area contributed by atoms with Crippen LogP contribution in [0.3, 0.4) is 0 Å². The molecule has 0 N–H and O–H groups in total. The zero-order chi connectivity index (χ0) is 16.8. The monoisotopic (exact) mass is 377 g/mol. The van der Waals surface area contributed by atoms with E-state index >= 15 is 0 Å². The zero-order valence-electron chi connectivity index (χ0n) is 13.8. The zero-order valence-corrected chi connectivity index (χ0v) is 16.2. The van der Waals surface area contributed by atoms with E-state index in [9.17, 15) is 4.79 Å². The van der Waals surface area contributed by atoms with E-state index in [0.29, 0.717) is 11.8 Å². The third kappa shape index (κ3) is 3.00. The van der Waals surface area contributed by atoms with Gasteiger partial charge in [0.2, 0.25) is 0 Å². The number of benzene rings is 1. The van der Waals surface area contributed by atoms with Gasteiger partial charge in [0.05, 0.1) is 4.88 Å². The molecule has 3 heterocycles. The molecule has 0 radical (unpaired) electrons. The van der Waals surface area contributed by atoms with Gasteiger partial charge < -0.3 is 4.90 Å². The van der Waals surface area contributed by atoms with Crippen molar-refractivity contribution in [1.82, 2.24) is 4.90 Å². The van der Waals surface area contributed by atoms with Crippen LogP contribution in [0.1, 0.15) is 35.5 Å². The Bertz CT molecular complexity index is 791. The summed E-state index contributed by atoms with van der Waals surface area (Å²) in [5, 5.41) is 0.772. The maximum absolute atomic E-state index is 13.0. The Morgan fingerprint density at radius 3 is 2.71 bits per heavy atom. The molecule has 0 aliphatic carbocycles. The summed E-state index contributed by atoms with van der Waals surface area (Å²) in [5.74, 6) is 2.30. The lowest BCUT2D eigenvalue weighted by atomic mass is 9.92. The van der Waals surface area contributed by atoms with E-state index in [2.05, 4.69) is 26.0 Å². The molecule has 1 amide bonds. The second-order valence-electron chi connectivity index (χ2n) is 7.05. The summed E-state index contributed by atoms with van der Waals surface area (Å²) < 4.78 is 0. The standard InChI is InChI=1S/C19H20ClNOS2/c1-11-5-12(2)9-21(8-11)19(22)17-6-13-10-23-16-7-14(20)3-4-15(16)18(13)24-17/h3-4,6-7,11-12H,5,8-10H2,1-2H3/t11-,12+. The number of carbonyl (C=O) groups is 1. The highest BCUT2D eigenvalue weighted by atomic mass is 35.5. The number of nitrogens with zero attached hydrogens (tertiary/aromatic N) is 1. The third-order valence-corrected chi connectivity index (χ3v) is 7.29. The minimum atomic E-state index is 0.202. The van der Waals surface area contributed by atoms with E-state index in [1.165, 1.54) is 27.3 Å². The fourth-order valence-electron chi connectivity index (χ4n) is 3.81. The lowest BCUT2D eigenvalue weighted by Crippen LogP contribution is -2.42. The summed E-state index contributed by atoms with van der Waals surface area (Å²) in [7, 11) is 0. The quantitative estimate of drug-likeness (QED) is 0.626. The second kappa shape index (κ2) is 6.40. The van der Waals surface area contributed by atoms with Gasteiger partial charge in [0, 0.05) is 39.2 Å². The third-order valence-electron chi connectivity index (χ3n) is 4.75. The lowest BCUT2D eigenvalue weighted by molar-refractivity contribution is 0.0628. The molecule has 0 unspecified atom stereocenters. The number of likely N-dealkylation sites (tertiary alicyclic amines) is 1. The average molecular weight is 378 g/mol. The van der Waals surface area contributed by atoms with Crippen molar-refractivity contribution in [2.24, 2.45) is 11.8 Å². The van der Waals surface area contributed by atoms with E-state index < -0.39 is 0 Å². The molecule has 5 heteroatoms. The Hall–Kier alpha value is -0.970. The van der Waals surface area contributed by atoms with Crippen LogP contribution in [0.4, 0.5) is 0 Å². The van der Waals surface area contributed by atoms with Gasteiger partial charge in [-0.15, -0.1) is 23.1 Å². The highest BCUT2D eigenvalue weighted by Crippen LogP contribution is 2.46. The number of rotatable bonds is 1. The highest BCUT2D eigenvalue weighted by Gasteiger charge is 2.29. The summed E-state index contributed by atoms with van der Waals surface area (Å²) in [6, 6.07) is 8.15. The summed E-state index contributed by atoms with van der Waals surface area (Å²) in [6.45, 7) is 6.25. The fourth-order valence-corrected chi connectivity index (χ4v) is 6.47. The van der Waals surface area contributed by atoms with Crippen molar-refractivity contribution < 1.29 is 4.79 Å². The summed E-state index contributed by atoms with van der Waals surface area (Å²) >= 11 is 9.56. The number of thioether (sulfide) groups is 1. The van der Waals surface area contributed by atoms with Crippen LogP contribution in [-0.4, -0.2) is 23.9 Å². The number of hydrogen-bond acceptors (Lipinski definition) is 3. The summed E-state index contributed by atoms with van der Waals surface area (Å²) in [6.07, 6.45) is 1.22. The van der Waals surface area contributed by atoms with Crippen molar-refractivity contribution in [3.8, 4) is 10.4 Å². The molecule has 0 bridgehead atoms. The van der Waals surface area contributed by atoms with Crippen LogP contribution < -0.4 is 0 Å². The topological polar surface area (TPSA) is 20.3 Å². The van der Waals surface area contributed by atoms with Gasteiger partial charge in [-0.05, 0) is 42.0 Å². The van der Waals surface area contributed by atoms with Crippen LogP contribution >= 0.6 is 34.7 Å². The van der Waals surface area contributed by atoms with Crippen LogP contribution in [0, 0.1) is 11.8 Å². The number of thiophene rings is 1. The molecule has 2 atom stereocenters. The van der Waals surface area contributed by atoms with Crippen molar-refractivity contribution >= 4 is 40.6 Å². The Balaban J connectivity index is 1.65. The minimum absolute atomic E-state index is 0.202. The molecule has 2 aromatic rings. The first-order valence-electron chi connectivity index (χ1n) is 8.36. The molecule has 1 fully saturated rings. The second-order valence-corrected chi connectivity index (χ2v) is 9.56. The van der Waals surface area contributed by atoms with E-state index in [1.54, 1.807) is 23.1 Å². The summed E-state index contributed by atoms with van der Waals surface area (Å²) in [4.78, 5) is 18.4. The Kier molecular flexibility index (Phi) is 4.40. The Morgan fingerprint density at radius 2 is 1.96 bits per heavy atom. The first-order valence-corrected chi connectivity index (χ1v) is 10.5. The number of fused-ring (bicyclic) bond motifs is 3. The molecule has 0 spiro atoms. The predicted molar refractivity (Wildman–Crippen MR) is 103 cm³/mol. The molecule has 0 saturated carbocycles. The van der Waals surface area contributed by atoms with Crippen molar-refractivity contribution in [2.45, 2.75) is 30.9 Å². The molecular formula is C19H20ClNOS2. The van der Waals surface area contributed by atoms with Crippen LogP contribution in [0.15, 0.2) is 29.2 Å². The first-order chi connectivity index (χ1) is 11.5. The van der Waals surface area contributed by atoms with Gasteiger partial charge in [0.15, 0.2) is 0 Å². The number of amides is 1. The fraction of sp³-hybridized carbons (Fsp3) is 0.421. The van der Waals surface area contributed by atoms with E-state index in [4.69, 9.17) is 11.6 Å². The maximum Gasteiger partial charge on any atom is 0.263 e. The molecule has 24 heavy (non-hydrogen) atoms. The molecule has 1 aromatic carbocycles. The van der Waals surface area contributed by atoms with Gasteiger partial charge in [-0.3, -0.25) is 4.79 Å². The SMILES string of the molecule is C[C@@H]1C[C@H](C)CN(C(=O)c2cc3c(s2)-c2ccc(Cl)cc2SC3)C1. The molecular weight excluding hydrogens is 358 g/mol. The highest BCUT2D eigenvalue weighted by molar-refractivity contribution is 7.98. The number of hydrogen-bond donors (Lipinski definition) is 0. The number of halogens is 1. The molecule has 126 valence electrons. The van der Waals surface area contributed by atoms with Crippen molar-refractivity contribution in [2.75, 3.05) is 13.1 Å². The average Bonchev–Trinajstić information content (AvgIpc) is 2.97. The number of carbonyl (C=O) groups excluding carboxylic acids is 1. The molecule has 4 rings (SSSR count). The summed E-state index contributed by atoms with van der Waals surface area (Å²) in [5.41, 5.74) is 2.50. The predicted octanol–water partition coefficient (Wildman–Crippen LogP) is 5.79. The lowest BCUT2D eigenvalue weighted by Gasteiger charge is -2.34. The van der Waals surface area contributed by atoms with Crippen molar-refractivity contribution in [1.29, 1.82) is 0 Å². The van der Waals surface area contributed by atoms with Gasteiger partial charge >= 0.3 is 0 Å². The largest absolute Gasteiger partial charge is 0.337 e. The molecule has 2 aliphatic heterocycles. The molecule has 1 saturated heterocycles. The van der Waals surface area contributed by atoms with E-state index in [1.807, 2.05) is 17.0 Å². The van der Waals surface area contributed by atoms with Crippen LogP contribution in [0.25, 0.3) is 10.4 Å². The van der Waals surface area contributed by atoms with Crippen LogP contribution in [0.5, 0.6) is 0 Å². The Morgan fingerprint density at radius 1 is 1.21 bits per heavy atom. The normalized spacial score (nSPS) is 22.9. The Labute approximate surface area is 156 Å². The smallest absolute Gasteiger partial charge is 0.263 e. The molecule has 2 nitrogen and oxygen atoms in total. The van der Waals surface area contributed by atoms with Gasteiger partial charge in [0.25, 0.3) is 5.91 Å². The minimum Gasteiger partial charge on any atom is -0.337 e. The van der Waals surface area contributed by atoms with Crippen LogP contribution in [-0.2, 0) is 5.75 Å².